The predicted molar refractivity (Wildman–Crippen MR) is 94.8 cm³/mol. The molecule has 0 bridgehead atoms. The first-order valence-corrected chi connectivity index (χ1v) is 7.97. The number of carbonyl (C=O) groups excluding carboxylic acids is 1. The molecule has 0 aliphatic carbocycles. The number of rotatable bonds is 6. The van der Waals surface area contributed by atoms with Gasteiger partial charge in [0.25, 0.3) is 0 Å². The Bertz CT molecular complexity index is 682. The number of nitrogens with two attached hydrogens (primary N) is 1. The van der Waals surface area contributed by atoms with E-state index in [-0.39, 0.29) is 13.0 Å². The molecule has 1 amide bonds. The molecule has 7 heteroatoms. The standard InChI is InChI=1S/C16H15Cl3N2O2/c17-10-7-13(18)15(14(19)8-10)21-11-3-1-9(2-4-11)12(5-6-22)16(20)23/h1-4,7-8,12,21-22H,5-6H2,(H2,20,23). The lowest BCUT2D eigenvalue weighted by molar-refractivity contribution is -0.119. The predicted octanol–water partition coefficient (Wildman–Crippen LogP) is 4.34. The number of aliphatic hydroxyl groups is 1. The topological polar surface area (TPSA) is 75.4 Å². The van der Waals surface area contributed by atoms with Crippen molar-refractivity contribution in [2.45, 2.75) is 12.3 Å². The average molecular weight is 374 g/mol. The van der Waals surface area contributed by atoms with E-state index in [0.29, 0.717) is 20.8 Å². The number of hydrogen-bond donors (Lipinski definition) is 3. The fraction of sp³-hybridized carbons (Fsp3) is 0.188. The maximum Gasteiger partial charge on any atom is 0.225 e. The summed E-state index contributed by atoms with van der Waals surface area (Å²) in [6.07, 6.45) is 0.289. The van der Waals surface area contributed by atoms with Gasteiger partial charge in [0, 0.05) is 17.3 Å². The Labute approximate surface area is 149 Å². The van der Waals surface area contributed by atoms with Crippen LogP contribution in [0.5, 0.6) is 0 Å². The molecule has 122 valence electrons. The highest BCUT2D eigenvalue weighted by Crippen LogP contribution is 2.36. The van der Waals surface area contributed by atoms with Crippen LogP contribution in [-0.4, -0.2) is 17.6 Å². The van der Waals surface area contributed by atoms with Gasteiger partial charge in [-0.1, -0.05) is 46.9 Å². The molecule has 0 aromatic heterocycles. The summed E-state index contributed by atoms with van der Waals surface area (Å²) in [7, 11) is 0. The van der Waals surface area contributed by atoms with Gasteiger partial charge in [-0.05, 0) is 36.2 Å². The van der Waals surface area contributed by atoms with E-state index in [2.05, 4.69) is 5.32 Å². The number of hydrogen-bond acceptors (Lipinski definition) is 3. The number of carbonyl (C=O) groups is 1. The Morgan fingerprint density at radius 1 is 1.13 bits per heavy atom. The summed E-state index contributed by atoms with van der Waals surface area (Å²) in [4.78, 5) is 11.4. The van der Waals surface area contributed by atoms with Gasteiger partial charge in [-0.3, -0.25) is 4.79 Å². The molecule has 4 N–H and O–H groups in total. The quantitative estimate of drug-likeness (QED) is 0.705. The third-order valence-electron chi connectivity index (χ3n) is 3.35. The Morgan fingerprint density at radius 2 is 1.70 bits per heavy atom. The van der Waals surface area contributed by atoms with Crippen molar-refractivity contribution in [2.24, 2.45) is 5.73 Å². The molecule has 0 spiro atoms. The largest absolute Gasteiger partial charge is 0.396 e. The van der Waals surface area contributed by atoms with E-state index in [1.165, 1.54) is 0 Å². The molecule has 23 heavy (non-hydrogen) atoms. The SMILES string of the molecule is NC(=O)C(CCO)c1ccc(Nc2c(Cl)cc(Cl)cc2Cl)cc1. The van der Waals surface area contributed by atoms with Crippen LogP contribution in [0.1, 0.15) is 17.9 Å². The lowest BCUT2D eigenvalue weighted by atomic mass is 9.95. The van der Waals surface area contributed by atoms with Crippen LogP contribution < -0.4 is 11.1 Å². The highest BCUT2D eigenvalue weighted by atomic mass is 35.5. The Balaban J connectivity index is 2.22. The second kappa shape index (κ2) is 7.88. The van der Waals surface area contributed by atoms with Crippen molar-refractivity contribution in [1.82, 2.24) is 0 Å². The van der Waals surface area contributed by atoms with Gasteiger partial charge in [-0.15, -0.1) is 0 Å². The molecular formula is C16H15Cl3N2O2. The normalized spacial score (nSPS) is 12.0. The zero-order valence-electron chi connectivity index (χ0n) is 12.0. The highest BCUT2D eigenvalue weighted by Gasteiger charge is 2.17. The van der Waals surface area contributed by atoms with Crippen LogP contribution >= 0.6 is 34.8 Å². The van der Waals surface area contributed by atoms with Gasteiger partial charge in [-0.25, -0.2) is 0 Å². The summed E-state index contributed by atoms with van der Waals surface area (Å²) in [5.74, 6) is -0.986. The molecule has 0 radical (unpaired) electrons. The zero-order valence-corrected chi connectivity index (χ0v) is 14.3. The van der Waals surface area contributed by atoms with E-state index < -0.39 is 11.8 Å². The molecule has 2 aromatic carbocycles. The van der Waals surface area contributed by atoms with Crippen molar-refractivity contribution >= 4 is 52.1 Å². The summed E-state index contributed by atoms with van der Waals surface area (Å²) in [5, 5.41) is 13.4. The molecule has 4 nitrogen and oxygen atoms in total. The maximum atomic E-state index is 11.4. The fourth-order valence-corrected chi connectivity index (χ4v) is 3.12. The minimum Gasteiger partial charge on any atom is -0.396 e. The fourth-order valence-electron chi connectivity index (χ4n) is 2.21. The van der Waals surface area contributed by atoms with Crippen LogP contribution in [0.25, 0.3) is 0 Å². The molecular weight excluding hydrogens is 359 g/mol. The van der Waals surface area contributed by atoms with Gasteiger partial charge in [0.2, 0.25) is 5.91 Å². The van der Waals surface area contributed by atoms with E-state index in [1.807, 2.05) is 0 Å². The van der Waals surface area contributed by atoms with Gasteiger partial charge >= 0.3 is 0 Å². The van der Waals surface area contributed by atoms with E-state index in [9.17, 15) is 4.79 Å². The number of nitrogens with one attached hydrogen (secondary N) is 1. The third kappa shape index (κ3) is 4.52. The van der Waals surface area contributed by atoms with E-state index in [1.54, 1.807) is 36.4 Å². The average Bonchev–Trinajstić information content (AvgIpc) is 2.49. The van der Waals surface area contributed by atoms with E-state index in [4.69, 9.17) is 45.6 Å². The van der Waals surface area contributed by atoms with Gasteiger partial charge in [0.1, 0.15) is 0 Å². The number of benzene rings is 2. The van der Waals surface area contributed by atoms with Crippen molar-refractivity contribution in [1.29, 1.82) is 0 Å². The first-order valence-electron chi connectivity index (χ1n) is 6.84. The molecule has 2 rings (SSSR count). The molecule has 0 saturated heterocycles. The molecule has 2 aromatic rings. The van der Waals surface area contributed by atoms with Crippen molar-refractivity contribution in [3.8, 4) is 0 Å². The van der Waals surface area contributed by atoms with Crippen molar-refractivity contribution in [2.75, 3.05) is 11.9 Å². The van der Waals surface area contributed by atoms with Gasteiger partial charge in [0.15, 0.2) is 0 Å². The molecule has 0 heterocycles. The van der Waals surface area contributed by atoms with Crippen molar-refractivity contribution in [3.05, 3.63) is 57.0 Å². The number of primary amides is 1. The van der Waals surface area contributed by atoms with Gasteiger partial charge < -0.3 is 16.2 Å². The van der Waals surface area contributed by atoms with Crippen LogP contribution in [0.3, 0.4) is 0 Å². The first-order chi connectivity index (χ1) is 10.9. The third-order valence-corrected chi connectivity index (χ3v) is 4.16. The number of halogens is 3. The van der Waals surface area contributed by atoms with Gasteiger partial charge in [-0.2, -0.15) is 0 Å². The lowest BCUT2D eigenvalue weighted by Crippen LogP contribution is -2.22. The molecule has 0 aliphatic heterocycles. The van der Waals surface area contributed by atoms with E-state index in [0.717, 1.165) is 11.3 Å². The second-order valence-electron chi connectivity index (χ2n) is 4.96. The van der Waals surface area contributed by atoms with Crippen molar-refractivity contribution < 1.29 is 9.90 Å². The van der Waals surface area contributed by atoms with Crippen LogP contribution in [0.2, 0.25) is 15.1 Å². The molecule has 0 fully saturated rings. The lowest BCUT2D eigenvalue weighted by Gasteiger charge is -2.14. The molecule has 0 aliphatic rings. The Hall–Kier alpha value is -1.46. The van der Waals surface area contributed by atoms with Crippen LogP contribution in [0.4, 0.5) is 11.4 Å². The zero-order chi connectivity index (χ0) is 17.0. The molecule has 1 unspecified atom stereocenters. The second-order valence-corrected chi connectivity index (χ2v) is 6.21. The monoisotopic (exact) mass is 372 g/mol. The molecule has 1 atom stereocenters. The van der Waals surface area contributed by atoms with Crippen molar-refractivity contribution in [3.63, 3.8) is 0 Å². The first kappa shape index (κ1) is 17.9. The summed E-state index contributed by atoms with van der Waals surface area (Å²) >= 11 is 18.1. The Morgan fingerprint density at radius 3 is 2.17 bits per heavy atom. The van der Waals surface area contributed by atoms with Crippen LogP contribution in [0.15, 0.2) is 36.4 Å². The summed E-state index contributed by atoms with van der Waals surface area (Å²) < 4.78 is 0. The van der Waals surface area contributed by atoms with E-state index >= 15 is 0 Å². The summed E-state index contributed by atoms with van der Waals surface area (Å²) in [5.41, 5.74) is 7.39. The van der Waals surface area contributed by atoms with Crippen LogP contribution in [0, 0.1) is 0 Å². The minimum absolute atomic E-state index is 0.108. The van der Waals surface area contributed by atoms with Gasteiger partial charge in [0.05, 0.1) is 21.7 Å². The smallest absolute Gasteiger partial charge is 0.225 e. The Kier molecular flexibility index (Phi) is 6.13. The summed E-state index contributed by atoms with van der Waals surface area (Å²) in [6, 6.07) is 10.3. The highest BCUT2D eigenvalue weighted by molar-refractivity contribution is 6.41. The minimum atomic E-state index is -0.517. The maximum absolute atomic E-state index is 11.4. The summed E-state index contributed by atoms with van der Waals surface area (Å²) in [6.45, 7) is -0.108. The number of amides is 1. The van der Waals surface area contributed by atoms with Crippen LogP contribution in [-0.2, 0) is 4.79 Å². The number of aliphatic hydroxyl groups excluding tert-OH is 1. The molecule has 0 saturated carbocycles. The number of anilines is 2.